The minimum atomic E-state index is -0.898. The molecule has 2 aromatic heterocycles. The van der Waals surface area contributed by atoms with Crippen molar-refractivity contribution in [3.05, 3.63) is 17.3 Å². The average Bonchev–Trinajstić information content (AvgIpc) is 3.38. The number of hydrogen-bond acceptors (Lipinski definition) is 8. The molecule has 1 N–H and O–H groups in total. The minimum Gasteiger partial charge on any atom is -0.339 e. The molecule has 0 spiro atoms. The van der Waals surface area contributed by atoms with Gasteiger partial charge in [0.15, 0.2) is 5.65 Å². The lowest BCUT2D eigenvalue weighted by atomic mass is 10.1. The number of nitrogens with zero attached hydrogens (tertiary/aromatic N) is 7. The monoisotopic (exact) mass is 428 g/mol. The molecule has 11 heteroatoms. The van der Waals surface area contributed by atoms with Crippen LogP contribution in [0.1, 0.15) is 24.8 Å². The summed E-state index contributed by atoms with van der Waals surface area (Å²) in [5, 5.41) is 6.72. The predicted molar refractivity (Wildman–Crippen MR) is 113 cm³/mol. The van der Waals surface area contributed by atoms with Crippen LogP contribution in [0.3, 0.4) is 0 Å². The van der Waals surface area contributed by atoms with E-state index in [2.05, 4.69) is 27.3 Å². The smallest absolute Gasteiger partial charge is 0.254 e. The number of imide groups is 1. The van der Waals surface area contributed by atoms with E-state index < -0.39 is 12.1 Å². The molecule has 0 unspecified atom stereocenters. The maximum atomic E-state index is 14.0. The number of carbonyl (C=O) groups excluding carboxylic acids is 2. The summed E-state index contributed by atoms with van der Waals surface area (Å²) < 4.78 is 15.6. The second kappa shape index (κ2) is 7.88. The van der Waals surface area contributed by atoms with E-state index in [9.17, 15) is 14.0 Å². The molecule has 0 aromatic carbocycles. The van der Waals surface area contributed by atoms with Gasteiger partial charge in [-0.2, -0.15) is 19.6 Å². The molecule has 0 aliphatic carbocycles. The topological polar surface area (TPSA) is 99.0 Å². The molecular weight excluding hydrogens is 403 g/mol. The van der Waals surface area contributed by atoms with Crippen molar-refractivity contribution in [2.45, 2.75) is 25.4 Å². The van der Waals surface area contributed by atoms with Gasteiger partial charge in [0.05, 0.1) is 19.2 Å². The average molecular weight is 428 g/mol. The quantitative estimate of drug-likeness (QED) is 0.549. The van der Waals surface area contributed by atoms with Gasteiger partial charge >= 0.3 is 0 Å². The van der Waals surface area contributed by atoms with Crippen LogP contribution in [0.25, 0.3) is 11.7 Å². The number of nitrogens with one attached hydrogen (secondary N) is 1. The summed E-state index contributed by atoms with van der Waals surface area (Å²) in [6, 6.07) is 0. The number of carbonyl (C=O) groups is 2. The first-order valence-electron chi connectivity index (χ1n) is 10.6. The number of alkyl halides is 1. The van der Waals surface area contributed by atoms with Crippen molar-refractivity contribution in [2.75, 3.05) is 56.1 Å². The Labute approximate surface area is 178 Å². The molecule has 31 heavy (non-hydrogen) atoms. The fourth-order valence-electron chi connectivity index (χ4n) is 4.27. The van der Waals surface area contributed by atoms with E-state index >= 15 is 0 Å². The molecular formula is C20H25FN8O2. The summed E-state index contributed by atoms with van der Waals surface area (Å²) >= 11 is 0. The Hall–Kier alpha value is -3.08. The van der Waals surface area contributed by atoms with Gasteiger partial charge in [-0.1, -0.05) is 0 Å². The first-order valence-corrected chi connectivity index (χ1v) is 10.6. The fraction of sp³-hybridized carbons (Fsp3) is 0.550. The lowest BCUT2D eigenvalue weighted by Crippen LogP contribution is -2.32. The number of amides is 2. The Balaban J connectivity index is 1.59. The minimum absolute atomic E-state index is 0.0368. The molecule has 3 aliphatic heterocycles. The van der Waals surface area contributed by atoms with Crippen LogP contribution in [0.5, 0.6) is 0 Å². The van der Waals surface area contributed by atoms with Crippen molar-refractivity contribution < 1.29 is 14.0 Å². The highest BCUT2D eigenvalue weighted by molar-refractivity contribution is 6.15. The summed E-state index contributed by atoms with van der Waals surface area (Å²) in [5.74, 6) is 0.416. The third-order valence-corrected chi connectivity index (χ3v) is 6.01. The summed E-state index contributed by atoms with van der Waals surface area (Å²) in [6.45, 7) is 4.35. The highest BCUT2D eigenvalue weighted by atomic mass is 19.1. The van der Waals surface area contributed by atoms with Gasteiger partial charge in [-0.15, -0.1) is 0 Å². The molecule has 164 valence electrons. The van der Waals surface area contributed by atoms with Crippen LogP contribution in [0, 0.1) is 0 Å². The Kier molecular flexibility index (Phi) is 5.05. The van der Waals surface area contributed by atoms with Gasteiger partial charge in [0.1, 0.15) is 6.17 Å². The van der Waals surface area contributed by atoms with Crippen molar-refractivity contribution in [1.82, 2.24) is 29.8 Å². The lowest BCUT2D eigenvalue weighted by molar-refractivity contribution is -0.124. The van der Waals surface area contributed by atoms with E-state index in [4.69, 9.17) is 9.97 Å². The molecule has 0 radical (unpaired) electrons. The zero-order chi connectivity index (χ0) is 21.5. The van der Waals surface area contributed by atoms with Gasteiger partial charge < -0.3 is 14.7 Å². The van der Waals surface area contributed by atoms with Crippen molar-refractivity contribution in [3.8, 4) is 0 Å². The second-order valence-electron chi connectivity index (χ2n) is 8.36. The molecule has 5 rings (SSSR count). The van der Waals surface area contributed by atoms with E-state index in [1.165, 1.54) is 0 Å². The van der Waals surface area contributed by atoms with Crippen LogP contribution >= 0.6 is 0 Å². The van der Waals surface area contributed by atoms with Gasteiger partial charge in [-0.05, 0) is 32.5 Å². The van der Waals surface area contributed by atoms with Crippen molar-refractivity contribution in [2.24, 2.45) is 0 Å². The third-order valence-electron chi connectivity index (χ3n) is 6.01. The molecule has 0 bridgehead atoms. The summed E-state index contributed by atoms with van der Waals surface area (Å²) in [7, 11) is 2.10. The van der Waals surface area contributed by atoms with E-state index in [1.54, 1.807) is 16.8 Å². The fourth-order valence-corrected chi connectivity index (χ4v) is 4.27. The Bertz CT molecular complexity index is 1070. The summed E-state index contributed by atoms with van der Waals surface area (Å²) in [6.07, 6.45) is 3.85. The molecule has 1 atom stereocenters. The molecule has 10 nitrogen and oxygen atoms in total. The van der Waals surface area contributed by atoms with Crippen LogP contribution in [0.15, 0.2) is 11.8 Å². The highest BCUT2D eigenvalue weighted by Gasteiger charge is 2.29. The van der Waals surface area contributed by atoms with Crippen LogP contribution in [0.2, 0.25) is 0 Å². The Morgan fingerprint density at radius 2 is 2.00 bits per heavy atom. The van der Waals surface area contributed by atoms with Gasteiger partial charge in [-0.3, -0.25) is 14.9 Å². The third kappa shape index (κ3) is 3.85. The van der Waals surface area contributed by atoms with E-state index in [0.717, 1.165) is 32.6 Å². The number of rotatable bonds is 3. The highest BCUT2D eigenvalue weighted by Crippen LogP contribution is 2.26. The number of hydrogen-bond donors (Lipinski definition) is 1. The van der Waals surface area contributed by atoms with E-state index in [1.807, 2.05) is 4.90 Å². The van der Waals surface area contributed by atoms with Gasteiger partial charge in [-0.25, -0.2) is 4.39 Å². The molecule has 0 saturated carbocycles. The normalized spacial score (nSPS) is 24.5. The molecule has 3 saturated heterocycles. The van der Waals surface area contributed by atoms with Crippen molar-refractivity contribution in [3.63, 3.8) is 0 Å². The first kappa shape index (κ1) is 19.9. The largest absolute Gasteiger partial charge is 0.339 e. The first-order chi connectivity index (χ1) is 15.0. The second-order valence-corrected chi connectivity index (χ2v) is 8.36. The number of likely N-dealkylation sites (N-methyl/N-ethyl adjacent to an activating group) is 1. The van der Waals surface area contributed by atoms with Crippen LogP contribution in [-0.4, -0.2) is 88.8 Å². The Morgan fingerprint density at radius 3 is 2.74 bits per heavy atom. The maximum absolute atomic E-state index is 14.0. The maximum Gasteiger partial charge on any atom is 0.254 e. The van der Waals surface area contributed by atoms with Crippen molar-refractivity contribution in [1.29, 1.82) is 0 Å². The number of aromatic nitrogens is 4. The number of halogens is 1. The van der Waals surface area contributed by atoms with Gasteiger partial charge in [0.2, 0.25) is 17.8 Å². The zero-order valence-corrected chi connectivity index (χ0v) is 17.4. The lowest BCUT2D eigenvalue weighted by Gasteiger charge is -2.23. The standard InChI is InChI=1S/C20H25FN8O2/c1-26-4-2-5-27(8-7-26)19-24-17-14(9-13-10-16(30)23-18(13)31)11-22-29(17)20(25-19)28-6-3-15(21)12-28/h9,11,15H,2-8,10,12H2,1H3,(H,23,30,31)/b13-9+/t15-/m1/s1. The molecule has 5 heterocycles. The summed E-state index contributed by atoms with van der Waals surface area (Å²) in [5.41, 5.74) is 1.55. The number of fused-ring (bicyclic) bond motifs is 1. The SMILES string of the molecule is CN1CCCN(c2nc(N3CC[C@@H](F)C3)n3ncc(/C=C4\CC(=O)NC4=O)c3n2)CC1. The molecule has 3 fully saturated rings. The van der Waals surface area contributed by atoms with Gasteiger partial charge in [0, 0.05) is 37.3 Å². The number of anilines is 2. The van der Waals surface area contributed by atoms with Crippen LogP contribution in [0.4, 0.5) is 16.3 Å². The van der Waals surface area contributed by atoms with E-state index in [0.29, 0.717) is 41.6 Å². The zero-order valence-electron chi connectivity index (χ0n) is 17.4. The van der Waals surface area contributed by atoms with E-state index in [-0.39, 0.29) is 18.9 Å². The van der Waals surface area contributed by atoms with Crippen molar-refractivity contribution >= 4 is 35.4 Å². The molecule has 2 amide bonds. The van der Waals surface area contributed by atoms with Crippen LogP contribution < -0.4 is 15.1 Å². The molecule has 2 aromatic rings. The van der Waals surface area contributed by atoms with Crippen LogP contribution in [-0.2, 0) is 9.59 Å². The molecule has 3 aliphatic rings. The summed E-state index contributed by atoms with van der Waals surface area (Å²) in [4.78, 5) is 39.5. The predicted octanol–water partition coefficient (Wildman–Crippen LogP) is 0.244. The van der Waals surface area contributed by atoms with Gasteiger partial charge in [0.25, 0.3) is 5.91 Å². The Morgan fingerprint density at radius 1 is 1.13 bits per heavy atom.